The second kappa shape index (κ2) is 8.65. The van der Waals surface area contributed by atoms with Crippen molar-refractivity contribution in [1.29, 1.82) is 0 Å². The fraction of sp³-hybridized carbons (Fsp3) is 0.958. The van der Waals surface area contributed by atoms with Crippen LogP contribution in [-0.4, -0.2) is 11.1 Å². The molecule has 6 atom stereocenters. The Balaban J connectivity index is 1.40. The van der Waals surface area contributed by atoms with E-state index in [9.17, 15) is 9.90 Å². The molecule has 26 heavy (non-hydrogen) atoms. The molecule has 0 bridgehead atoms. The van der Waals surface area contributed by atoms with Crippen LogP contribution in [0.25, 0.3) is 0 Å². The molecule has 2 nitrogen and oxygen atoms in total. The van der Waals surface area contributed by atoms with E-state index in [-0.39, 0.29) is 5.92 Å². The zero-order valence-corrected chi connectivity index (χ0v) is 16.7. The minimum absolute atomic E-state index is 0.0636. The van der Waals surface area contributed by atoms with Crippen LogP contribution in [0.2, 0.25) is 0 Å². The van der Waals surface area contributed by atoms with Gasteiger partial charge in [0.05, 0.1) is 5.92 Å². The van der Waals surface area contributed by atoms with Crippen molar-refractivity contribution in [2.75, 3.05) is 0 Å². The number of carboxylic acids is 1. The highest BCUT2D eigenvalue weighted by Gasteiger charge is 2.40. The number of fused-ring (bicyclic) bond motifs is 2. The van der Waals surface area contributed by atoms with E-state index >= 15 is 0 Å². The summed E-state index contributed by atoms with van der Waals surface area (Å²) in [5.74, 6) is 4.43. The van der Waals surface area contributed by atoms with Gasteiger partial charge in [0.1, 0.15) is 0 Å². The summed E-state index contributed by atoms with van der Waals surface area (Å²) >= 11 is 0. The molecule has 0 aromatic carbocycles. The van der Waals surface area contributed by atoms with Gasteiger partial charge in [0.15, 0.2) is 0 Å². The molecule has 4 fully saturated rings. The molecule has 0 saturated heterocycles. The molecular weight excluding hydrogens is 320 g/mol. The topological polar surface area (TPSA) is 37.3 Å². The van der Waals surface area contributed by atoms with Gasteiger partial charge in [-0.1, -0.05) is 77.0 Å². The van der Waals surface area contributed by atoms with Crippen molar-refractivity contribution in [3.63, 3.8) is 0 Å². The van der Waals surface area contributed by atoms with Gasteiger partial charge in [-0.3, -0.25) is 4.79 Å². The van der Waals surface area contributed by atoms with Crippen LogP contribution in [0.1, 0.15) is 103 Å². The monoisotopic (exact) mass is 360 g/mol. The highest BCUT2D eigenvalue weighted by atomic mass is 16.4. The highest BCUT2D eigenvalue weighted by Crippen LogP contribution is 2.49. The maximum absolute atomic E-state index is 12.2. The molecule has 4 saturated carbocycles. The predicted molar refractivity (Wildman–Crippen MR) is 106 cm³/mol. The molecule has 2 heteroatoms. The molecule has 0 amide bonds. The lowest BCUT2D eigenvalue weighted by Crippen LogP contribution is -2.36. The van der Waals surface area contributed by atoms with Crippen LogP contribution < -0.4 is 0 Å². The Hall–Kier alpha value is -0.530. The summed E-state index contributed by atoms with van der Waals surface area (Å²) in [6, 6.07) is 0. The molecule has 4 aliphatic rings. The Kier molecular flexibility index (Phi) is 6.26. The van der Waals surface area contributed by atoms with Gasteiger partial charge in [-0.25, -0.2) is 0 Å². The second-order valence-electron chi connectivity index (χ2n) is 10.3. The predicted octanol–water partition coefficient (Wildman–Crippen LogP) is 6.68. The Labute approximate surface area is 160 Å². The van der Waals surface area contributed by atoms with Gasteiger partial charge in [-0.2, -0.15) is 0 Å². The van der Waals surface area contributed by atoms with Gasteiger partial charge in [0, 0.05) is 0 Å². The first kappa shape index (κ1) is 18.8. The van der Waals surface area contributed by atoms with E-state index in [4.69, 9.17) is 0 Å². The van der Waals surface area contributed by atoms with Gasteiger partial charge in [0.2, 0.25) is 0 Å². The first-order valence-corrected chi connectivity index (χ1v) is 11.9. The first-order chi connectivity index (χ1) is 12.7. The molecule has 0 radical (unpaired) electrons. The van der Waals surface area contributed by atoms with Crippen molar-refractivity contribution in [1.82, 2.24) is 0 Å². The van der Waals surface area contributed by atoms with Crippen LogP contribution in [0.3, 0.4) is 0 Å². The summed E-state index contributed by atoms with van der Waals surface area (Å²) in [6.07, 6.45) is 21.4. The normalized spacial score (nSPS) is 41.7. The standard InChI is InChI=1S/C24H40O2/c25-24(26)21(15-19-11-5-9-17-7-1-3-13-22(17)19)16-20-12-6-10-18-8-2-4-14-23(18)20/h17-23H,1-16H2,(H,25,26). The number of rotatable bonds is 5. The SMILES string of the molecule is O=C(O)C(CC1CCCC2CCCCC21)CC1CCCC2CCCCC21. The Morgan fingerprint density at radius 1 is 0.654 bits per heavy atom. The number of carbonyl (C=O) groups is 1. The zero-order valence-electron chi connectivity index (χ0n) is 16.7. The maximum Gasteiger partial charge on any atom is 0.306 e. The smallest absolute Gasteiger partial charge is 0.306 e. The third kappa shape index (κ3) is 4.14. The van der Waals surface area contributed by atoms with Crippen molar-refractivity contribution in [2.45, 2.75) is 103 Å². The third-order valence-corrected chi connectivity index (χ3v) is 8.97. The molecule has 1 N–H and O–H groups in total. The van der Waals surface area contributed by atoms with Crippen molar-refractivity contribution in [2.24, 2.45) is 41.4 Å². The van der Waals surface area contributed by atoms with Crippen LogP contribution >= 0.6 is 0 Å². The van der Waals surface area contributed by atoms with Gasteiger partial charge < -0.3 is 5.11 Å². The Morgan fingerprint density at radius 3 is 1.54 bits per heavy atom. The lowest BCUT2D eigenvalue weighted by atomic mass is 9.61. The van der Waals surface area contributed by atoms with E-state index in [1.165, 1.54) is 89.9 Å². The fourth-order valence-electron chi connectivity index (χ4n) is 7.76. The Bertz CT molecular complexity index is 433. The average molecular weight is 361 g/mol. The van der Waals surface area contributed by atoms with Gasteiger partial charge >= 0.3 is 5.97 Å². The van der Waals surface area contributed by atoms with E-state index in [1.807, 2.05) is 0 Å². The molecule has 4 rings (SSSR count). The minimum Gasteiger partial charge on any atom is -0.481 e. The number of carboxylic acid groups (broad SMARTS) is 1. The van der Waals surface area contributed by atoms with Crippen LogP contribution in [0.4, 0.5) is 0 Å². The lowest BCUT2D eigenvalue weighted by molar-refractivity contribution is -0.144. The maximum atomic E-state index is 12.2. The molecule has 6 unspecified atom stereocenters. The molecule has 0 heterocycles. The van der Waals surface area contributed by atoms with Crippen LogP contribution in [0.5, 0.6) is 0 Å². The highest BCUT2D eigenvalue weighted by molar-refractivity contribution is 5.70. The summed E-state index contributed by atoms with van der Waals surface area (Å²) in [4.78, 5) is 12.2. The van der Waals surface area contributed by atoms with E-state index in [1.54, 1.807) is 0 Å². The molecule has 0 aromatic rings. The molecule has 0 aliphatic heterocycles. The summed E-state index contributed by atoms with van der Waals surface area (Å²) < 4.78 is 0. The van der Waals surface area contributed by atoms with E-state index in [0.29, 0.717) is 11.8 Å². The van der Waals surface area contributed by atoms with Crippen molar-refractivity contribution in [3.8, 4) is 0 Å². The molecular formula is C24H40O2. The fourth-order valence-corrected chi connectivity index (χ4v) is 7.76. The minimum atomic E-state index is -0.485. The summed E-state index contributed by atoms with van der Waals surface area (Å²) in [5.41, 5.74) is 0. The van der Waals surface area contributed by atoms with Crippen molar-refractivity contribution >= 4 is 5.97 Å². The largest absolute Gasteiger partial charge is 0.481 e. The van der Waals surface area contributed by atoms with Crippen LogP contribution in [-0.2, 0) is 4.79 Å². The summed E-state index contributed by atoms with van der Waals surface area (Å²) in [5, 5.41) is 10.0. The second-order valence-corrected chi connectivity index (χ2v) is 10.3. The average Bonchev–Trinajstić information content (AvgIpc) is 2.68. The van der Waals surface area contributed by atoms with E-state index in [2.05, 4.69) is 0 Å². The van der Waals surface area contributed by atoms with Crippen molar-refractivity contribution in [3.05, 3.63) is 0 Å². The van der Waals surface area contributed by atoms with Crippen LogP contribution in [0, 0.1) is 41.4 Å². The first-order valence-electron chi connectivity index (χ1n) is 11.9. The van der Waals surface area contributed by atoms with Gasteiger partial charge in [-0.05, 0) is 61.2 Å². The number of aliphatic carboxylic acids is 1. The molecule has 148 valence electrons. The number of hydrogen-bond acceptors (Lipinski definition) is 1. The molecule has 0 aromatic heterocycles. The van der Waals surface area contributed by atoms with Gasteiger partial charge in [-0.15, -0.1) is 0 Å². The van der Waals surface area contributed by atoms with E-state index in [0.717, 1.165) is 36.5 Å². The van der Waals surface area contributed by atoms with E-state index < -0.39 is 5.97 Å². The summed E-state index contributed by atoms with van der Waals surface area (Å²) in [6.45, 7) is 0. The number of hydrogen-bond donors (Lipinski definition) is 1. The van der Waals surface area contributed by atoms with Gasteiger partial charge in [0.25, 0.3) is 0 Å². The molecule has 0 spiro atoms. The quantitative estimate of drug-likeness (QED) is 0.593. The Morgan fingerprint density at radius 2 is 1.08 bits per heavy atom. The van der Waals surface area contributed by atoms with Crippen LogP contribution in [0.15, 0.2) is 0 Å². The van der Waals surface area contributed by atoms with Crippen molar-refractivity contribution < 1.29 is 9.90 Å². The lowest BCUT2D eigenvalue weighted by Gasteiger charge is -2.44. The summed E-state index contributed by atoms with van der Waals surface area (Å²) in [7, 11) is 0. The zero-order chi connectivity index (χ0) is 17.9. The third-order valence-electron chi connectivity index (χ3n) is 8.97. The molecule has 4 aliphatic carbocycles.